The number of piperazine rings is 1. The van der Waals surface area contributed by atoms with Gasteiger partial charge in [0, 0.05) is 56.2 Å². The van der Waals surface area contributed by atoms with Gasteiger partial charge in [-0.05, 0) is 13.0 Å². The Hall–Kier alpha value is -3.79. The van der Waals surface area contributed by atoms with Crippen LogP contribution < -0.4 is 19.7 Å². The van der Waals surface area contributed by atoms with E-state index in [1.54, 1.807) is 30.9 Å². The number of hydrogen-bond donors (Lipinski definition) is 2. The number of carbonyl (C=O) groups is 4. The third kappa shape index (κ3) is 7.24. The van der Waals surface area contributed by atoms with Gasteiger partial charge in [0.25, 0.3) is 5.91 Å². The van der Waals surface area contributed by atoms with Gasteiger partial charge in [-0.25, -0.2) is 9.78 Å². The molecule has 16 heteroatoms. The summed E-state index contributed by atoms with van der Waals surface area (Å²) in [5.74, 6) is 0.354. The second kappa shape index (κ2) is 14.1. The predicted octanol–water partition coefficient (Wildman–Crippen LogP) is 2.66. The first-order valence-corrected chi connectivity index (χ1v) is 15.7. The van der Waals surface area contributed by atoms with Gasteiger partial charge in [0.1, 0.15) is 11.7 Å². The summed E-state index contributed by atoms with van der Waals surface area (Å²) in [6.07, 6.45) is -0.376. The molecule has 2 aliphatic heterocycles. The van der Waals surface area contributed by atoms with Crippen molar-refractivity contribution in [2.45, 2.75) is 26.1 Å². The zero-order valence-corrected chi connectivity index (χ0v) is 26.3. The standard InChI is InChI=1S/C27H35N7O7S2/c1-6-41-27(38)33-9-7-32(8-10-33)26-29-18-12-20(40-5)19(39-4)11-17(18)22(31-26)30-23(36)25-34(21(28)14-43-25)24(37)15(2)13-42-16(3)35/h11-12,15,25,28H,6-10,13-14H2,1-5H3,(H,29,30,31,36). The van der Waals surface area contributed by atoms with Crippen molar-refractivity contribution in [1.29, 1.82) is 5.41 Å². The molecule has 2 atom stereocenters. The van der Waals surface area contributed by atoms with E-state index in [2.05, 4.69) is 5.32 Å². The molecule has 0 spiro atoms. The van der Waals surface area contributed by atoms with E-state index in [9.17, 15) is 19.2 Å². The summed E-state index contributed by atoms with van der Waals surface area (Å²) >= 11 is 2.19. The SMILES string of the molecule is CCOC(=O)N1CCN(c2nc(NC(=O)C3SCC(=N)N3C(=O)C(C)CSC(C)=O)c3cc(OC)c(OC)cc3n2)CC1. The summed E-state index contributed by atoms with van der Waals surface area (Å²) in [5.41, 5.74) is 0.486. The number of ether oxygens (including phenoxy) is 3. The maximum atomic E-state index is 13.7. The lowest BCUT2D eigenvalue weighted by Crippen LogP contribution is -2.49. The van der Waals surface area contributed by atoms with Gasteiger partial charge in [0.2, 0.25) is 11.9 Å². The van der Waals surface area contributed by atoms with Crippen molar-refractivity contribution >= 4 is 75.1 Å². The van der Waals surface area contributed by atoms with Crippen LogP contribution in [0.4, 0.5) is 16.6 Å². The van der Waals surface area contributed by atoms with Gasteiger partial charge < -0.3 is 29.3 Å². The minimum atomic E-state index is -0.994. The normalized spacial score (nSPS) is 17.6. The molecule has 2 aliphatic rings. The van der Waals surface area contributed by atoms with Crippen molar-refractivity contribution in [3.05, 3.63) is 12.1 Å². The largest absolute Gasteiger partial charge is 0.493 e. The first-order valence-electron chi connectivity index (χ1n) is 13.6. The number of thioether (sulfide) groups is 2. The highest BCUT2D eigenvalue weighted by molar-refractivity contribution is 8.13. The number of aromatic nitrogens is 2. The van der Waals surface area contributed by atoms with Gasteiger partial charge in [-0.2, -0.15) is 4.98 Å². The van der Waals surface area contributed by atoms with Crippen LogP contribution in [-0.4, -0.2) is 113 Å². The van der Waals surface area contributed by atoms with Crippen LogP contribution in [-0.2, 0) is 19.1 Å². The molecule has 2 saturated heterocycles. The Labute approximate surface area is 257 Å². The van der Waals surface area contributed by atoms with Crippen molar-refractivity contribution in [2.24, 2.45) is 5.92 Å². The zero-order chi connectivity index (χ0) is 31.3. The van der Waals surface area contributed by atoms with E-state index in [1.165, 1.54) is 26.0 Å². The molecule has 2 N–H and O–H groups in total. The molecule has 0 radical (unpaired) electrons. The minimum Gasteiger partial charge on any atom is -0.493 e. The number of amidine groups is 1. The van der Waals surface area contributed by atoms with Crippen LogP contribution in [0.2, 0.25) is 0 Å². The van der Waals surface area contributed by atoms with Crippen LogP contribution in [0.15, 0.2) is 12.1 Å². The topological polar surface area (TPSA) is 167 Å². The van der Waals surface area contributed by atoms with E-state index < -0.39 is 23.1 Å². The summed E-state index contributed by atoms with van der Waals surface area (Å²) in [6, 6.07) is 3.36. The van der Waals surface area contributed by atoms with E-state index in [0.29, 0.717) is 61.1 Å². The van der Waals surface area contributed by atoms with Crippen LogP contribution in [0.3, 0.4) is 0 Å². The maximum Gasteiger partial charge on any atom is 0.409 e. The number of rotatable bonds is 9. The second-order valence-corrected chi connectivity index (χ2v) is 12.0. The van der Waals surface area contributed by atoms with Crippen LogP contribution in [0, 0.1) is 11.3 Å². The molecule has 0 aliphatic carbocycles. The number of hydrogen-bond acceptors (Lipinski definition) is 13. The Morgan fingerprint density at radius 2 is 1.79 bits per heavy atom. The Bertz CT molecular complexity index is 1420. The van der Waals surface area contributed by atoms with E-state index in [0.717, 1.165) is 23.5 Å². The summed E-state index contributed by atoms with van der Waals surface area (Å²) in [6.45, 7) is 6.85. The molecule has 1 aromatic heterocycles. The highest BCUT2D eigenvalue weighted by atomic mass is 32.2. The third-order valence-electron chi connectivity index (χ3n) is 6.84. The van der Waals surface area contributed by atoms with Crippen molar-refractivity contribution in [2.75, 3.05) is 68.7 Å². The summed E-state index contributed by atoms with van der Waals surface area (Å²) in [7, 11) is 3.01. The van der Waals surface area contributed by atoms with Gasteiger partial charge in [0.05, 0.1) is 32.1 Å². The van der Waals surface area contributed by atoms with Gasteiger partial charge in [-0.1, -0.05) is 18.7 Å². The number of nitrogens with one attached hydrogen (secondary N) is 2. The van der Waals surface area contributed by atoms with Crippen molar-refractivity contribution in [3.8, 4) is 11.5 Å². The van der Waals surface area contributed by atoms with Crippen LogP contribution in [0.1, 0.15) is 20.8 Å². The molecular formula is C27H35N7O7S2. The first-order chi connectivity index (χ1) is 20.6. The molecule has 2 aromatic rings. The molecule has 3 heterocycles. The lowest BCUT2D eigenvalue weighted by atomic mass is 10.2. The predicted molar refractivity (Wildman–Crippen MR) is 165 cm³/mol. The average Bonchev–Trinajstić information content (AvgIpc) is 3.39. The lowest BCUT2D eigenvalue weighted by molar-refractivity contribution is -0.133. The Morgan fingerprint density at radius 3 is 2.42 bits per heavy atom. The van der Waals surface area contributed by atoms with Crippen molar-refractivity contribution < 1.29 is 33.4 Å². The Kier molecular flexibility index (Phi) is 10.6. The van der Waals surface area contributed by atoms with E-state index >= 15 is 0 Å². The number of amides is 3. The van der Waals surface area contributed by atoms with E-state index in [4.69, 9.17) is 29.6 Å². The van der Waals surface area contributed by atoms with Gasteiger partial charge >= 0.3 is 6.09 Å². The van der Waals surface area contributed by atoms with E-state index in [1.807, 2.05) is 4.90 Å². The third-order valence-corrected chi connectivity index (χ3v) is 9.10. The molecule has 2 unspecified atom stereocenters. The number of carbonyl (C=O) groups excluding carboxylic acids is 4. The van der Waals surface area contributed by atoms with Crippen molar-refractivity contribution in [3.63, 3.8) is 0 Å². The summed E-state index contributed by atoms with van der Waals surface area (Å²) < 4.78 is 16.0. The highest BCUT2D eigenvalue weighted by Gasteiger charge is 2.41. The quantitative estimate of drug-likeness (QED) is 0.415. The number of methoxy groups -OCH3 is 2. The fourth-order valence-corrected chi connectivity index (χ4v) is 6.27. The van der Waals surface area contributed by atoms with Crippen LogP contribution in [0.5, 0.6) is 11.5 Å². The molecule has 0 bridgehead atoms. The van der Waals surface area contributed by atoms with Crippen LogP contribution >= 0.6 is 23.5 Å². The number of anilines is 2. The molecule has 1 aromatic carbocycles. The monoisotopic (exact) mass is 633 g/mol. The Morgan fingerprint density at radius 1 is 1.12 bits per heavy atom. The molecule has 0 saturated carbocycles. The van der Waals surface area contributed by atoms with E-state index in [-0.39, 0.29) is 34.4 Å². The van der Waals surface area contributed by atoms with Gasteiger partial charge in [-0.15, -0.1) is 11.8 Å². The molecule has 3 amide bonds. The van der Waals surface area contributed by atoms with Gasteiger partial charge in [-0.3, -0.25) is 24.7 Å². The minimum absolute atomic E-state index is 0.0222. The fourth-order valence-electron chi connectivity index (χ4n) is 4.60. The fraction of sp³-hybridized carbons (Fsp3) is 0.519. The van der Waals surface area contributed by atoms with Crippen LogP contribution in [0.25, 0.3) is 10.9 Å². The highest BCUT2D eigenvalue weighted by Crippen LogP contribution is 2.36. The molecule has 43 heavy (non-hydrogen) atoms. The summed E-state index contributed by atoms with van der Waals surface area (Å²) in [5, 5.41) is 10.6. The smallest absolute Gasteiger partial charge is 0.409 e. The maximum absolute atomic E-state index is 13.7. The zero-order valence-electron chi connectivity index (χ0n) is 24.7. The Balaban J connectivity index is 1.64. The molecular weight excluding hydrogens is 598 g/mol. The number of fused-ring (bicyclic) bond motifs is 1. The first kappa shape index (κ1) is 32.1. The molecule has 232 valence electrons. The second-order valence-electron chi connectivity index (χ2n) is 9.78. The van der Waals surface area contributed by atoms with Gasteiger partial charge in [0.15, 0.2) is 22.0 Å². The van der Waals surface area contributed by atoms with Crippen molar-refractivity contribution in [1.82, 2.24) is 19.8 Å². The average molecular weight is 634 g/mol. The number of benzene rings is 1. The summed E-state index contributed by atoms with van der Waals surface area (Å²) in [4.78, 5) is 64.6. The molecule has 2 fully saturated rings. The molecule has 14 nitrogen and oxygen atoms in total. The lowest BCUT2D eigenvalue weighted by Gasteiger charge is -2.34. The number of nitrogens with zero attached hydrogens (tertiary/aromatic N) is 5. The molecule has 4 rings (SSSR count).